The van der Waals surface area contributed by atoms with Crippen LogP contribution in [-0.2, 0) is 11.2 Å². The van der Waals surface area contributed by atoms with Crippen LogP contribution in [-0.4, -0.2) is 20.0 Å². The Hall–Kier alpha value is -0.470. The number of hydrogen-bond acceptors (Lipinski definition) is 2. The Morgan fingerprint density at radius 1 is 1.46 bits per heavy atom. The Morgan fingerprint density at radius 3 is 2.85 bits per heavy atom. The van der Waals surface area contributed by atoms with Crippen molar-refractivity contribution in [1.29, 1.82) is 0 Å². The zero-order valence-electron chi connectivity index (χ0n) is 8.17. The minimum absolute atomic E-state index is 0.782. The summed E-state index contributed by atoms with van der Waals surface area (Å²) in [4.78, 5) is 1.26. The maximum atomic E-state index is 5.03. The third-order valence-corrected chi connectivity index (χ3v) is 2.77. The topological polar surface area (TPSA) is 9.23 Å². The van der Waals surface area contributed by atoms with E-state index in [1.54, 1.807) is 18.9 Å². The molecular weight excluding hydrogens is 180 g/mol. The smallest absolute Gasteiger partial charge is 0.0502 e. The largest absolute Gasteiger partial charge is 0.384 e. The monoisotopic (exact) mass is 195 g/mol. The lowest BCUT2D eigenvalue weighted by atomic mass is 10.1. The van der Waals surface area contributed by atoms with Gasteiger partial charge in [-0.25, -0.2) is 0 Å². The third-order valence-electron chi connectivity index (χ3n) is 1.95. The molecule has 13 heavy (non-hydrogen) atoms. The van der Waals surface area contributed by atoms with E-state index in [1.165, 1.54) is 10.5 Å². The van der Waals surface area contributed by atoms with Crippen LogP contribution in [0.15, 0.2) is 23.1 Å². The lowest BCUT2D eigenvalue weighted by Gasteiger charge is -2.05. The maximum Gasteiger partial charge on any atom is 0.0502 e. The van der Waals surface area contributed by atoms with Crippen LogP contribution in [0.2, 0.25) is 0 Å². The minimum Gasteiger partial charge on any atom is -0.384 e. The fourth-order valence-electron chi connectivity index (χ4n) is 1.16. The zero-order chi connectivity index (χ0) is 9.68. The van der Waals surface area contributed by atoms with Crippen molar-refractivity contribution in [3.8, 4) is 0 Å². The van der Waals surface area contributed by atoms with Crippen molar-refractivity contribution in [3.63, 3.8) is 0 Å². The van der Waals surface area contributed by atoms with Crippen LogP contribution in [0, 0.1) is 6.92 Å². The van der Waals surface area contributed by atoms with E-state index in [4.69, 9.17) is 4.74 Å². The highest BCUT2D eigenvalue weighted by atomic mass is 32.2. The van der Waals surface area contributed by atoms with Gasteiger partial charge in [0.2, 0.25) is 0 Å². The summed E-state index contributed by atoms with van der Waals surface area (Å²) in [6, 6.07) is 6.36. The van der Waals surface area contributed by atoms with Gasteiger partial charge in [0.1, 0.15) is 0 Å². The van der Waals surface area contributed by atoms with Crippen molar-refractivity contribution in [3.05, 3.63) is 36.2 Å². The minimum atomic E-state index is 0.782. The van der Waals surface area contributed by atoms with E-state index in [-0.39, 0.29) is 0 Å². The Morgan fingerprint density at radius 2 is 2.23 bits per heavy atom. The lowest BCUT2D eigenvalue weighted by molar-refractivity contribution is 0.202. The Labute approximate surface area is 84.5 Å². The summed E-state index contributed by atoms with van der Waals surface area (Å²) in [7, 11) is 1.73. The first-order valence-electron chi connectivity index (χ1n) is 4.25. The van der Waals surface area contributed by atoms with E-state index >= 15 is 0 Å². The molecule has 0 unspecified atom stereocenters. The molecule has 0 aromatic heterocycles. The Balaban J connectivity index is 2.74. The van der Waals surface area contributed by atoms with Gasteiger partial charge in [0.15, 0.2) is 0 Å². The second-order valence-electron chi connectivity index (χ2n) is 2.89. The van der Waals surface area contributed by atoms with Gasteiger partial charge in [-0.05, 0) is 36.8 Å². The molecule has 1 radical (unpaired) electrons. The van der Waals surface area contributed by atoms with E-state index in [1.807, 2.05) is 0 Å². The molecule has 0 amide bonds. The van der Waals surface area contributed by atoms with Crippen molar-refractivity contribution in [2.75, 3.05) is 20.0 Å². The normalized spacial score (nSPS) is 10.4. The van der Waals surface area contributed by atoms with Crippen molar-refractivity contribution < 1.29 is 4.74 Å². The SMILES string of the molecule is [CH2]c1ccc(CCOC)cc1SC. The quantitative estimate of drug-likeness (QED) is 0.683. The van der Waals surface area contributed by atoms with Crippen molar-refractivity contribution in [1.82, 2.24) is 0 Å². The van der Waals surface area contributed by atoms with E-state index in [9.17, 15) is 0 Å². The van der Waals surface area contributed by atoms with Crippen LogP contribution in [0.5, 0.6) is 0 Å². The van der Waals surface area contributed by atoms with Gasteiger partial charge in [0, 0.05) is 12.0 Å². The van der Waals surface area contributed by atoms with E-state index in [0.29, 0.717) is 0 Å². The predicted octanol–water partition coefficient (Wildman–Crippen LogP) is 2.78. The third kappa shape index (κ3) is 3.05. The first-order chi connectivity index (χ1) is 6.27. The van der Waals surface area contributed by atoms with Gasteiger partial charge >= 0.3 is 0 Å². The van der Waals surface area contributed by atoms with Crippen LogP contribution in [0.1, 0.15) is 11.1 Å². The highest BCUT2D eigenvalue weighted by Gasteiger charge is 1.98. The standard InChI is InChI=1S/C11H15OS/c1-9-4-5-10(6-7-12-2)8-11(9)13-3/h4-5,8H,1,6-7H2,2-3H3. The van der Waals surface area contributed by atoms with Crippen LogP contribution < -0.4 is 0 Å². The molecule has 1 aromatic carbocycles. The molecule has 0 heterocycles. The van der Waals surface area contributed by atoms with Gasteiger partial charge in [0.25, 0.3) is 0 Å². The molecule has 0 atom stereocenters. The first kappa shape index (κ1) is 10.6. The predicted molar refractivity (Wildman–Crippen MR) is 58.3 cm³/mol. The summed E-state index contributed by atoms with van der Waals surface area (Å²) in [6.07, 6.45) is 3.05. The van der Waals surface area contributed by atoms with Gasteiger partial charge in [0.05, 0.1) is 6.61 Å². The van der Waals surface area contributed by atoms with Crippen molar-refractivity contribution in [2.45, 2.75) is 11.3 Å². The second-order valence-corrected chi connectivity index (χ2v) is 3.74. The summed E-state index contributed by atoms with van der Waals surface area (Å²) >= 11 is 1.74. The van der Waals surface area contributed by atoms with Crippen LogP contribution >= 0.6 is 11.8 Å². The molecule has 1 aromatic rings. The number of hydrogen-bond donors (Lipinski definition) is 0. The summed E-state index contributed by atoms with van der Waals surface area (Å²) in [5, 5.41) is 0. The molecule has 0 aliphatic carbocycles. The van der Waals surface area contributed by atoms with Crippen molar-refractivity contribution in [2.24, 2.45) is 0 Å². The fraction of sp³-hybridized carbons (Fsp3) is 0.364. The van der Waals surface area contributed by atoms with Crippen LogP contribution in [0.25, 0.3) is 0 Å². The molecule has 71 valence electrons. The van der Waals surface area contributed by atoms with Crippen LogP contribution in [0.4, 0.5) is 0 Å². The van der Waals surface area contributed by atoms with Gasteiger partial charge < -0.3 is 4.74 Å². The van der Waals surface area contributed by atoms with Gasteiger partial charge in [-0.1, -0.05) is 12.1 Å². The number of thioether (sulfide) groups is 1. The Bertz CT molecular complexity index is 271. The number of rotatable bonds is 4. The maximum absolute atomic E-state index is 5.03. The molecule has 0 saturated heterocycles. The number of benzene rings is 1. The fourth-order valence-corrected chi connectivity index (χ4v) is 1.76. The second kappa shape index (κ2) is 5.30. The molecule has 1 rings (SSSR count). The molecule has 1 nitrogen and oxygen atoms in total. The molecule has 0 bridgehead atoms. The van der Waals surface area contributed by atoms with Gasteiger partial charge in [-0.3, -0.25) is 0 Å². The average molecular weight is 195 g/mol. The molecule has 0 N–H and O–H groups in total. The lowest BCUT2D eigenvalue weighted by Crippen LogP contribution is -1.94. The molecule has 0 aliphatic heterocycles. The molecular formula is C11H15OS. The van der Waals surface area contributed by atoms with Gasteiger partial charge in [-0.15, -0.1) is 11.8 Å². The molecule has 0 fully saturated rings. The molecule has 0 spiro atoms. The summed E-state index contributed by atoms with van der Waals surface area (Å²) in [6.45, 7) is 4.74. The molecule has 2 heteroatoms. The summed E-state index contributed by atoms with van der Waals surface area (Å²) in [5.41, 5.74) is 2.42. The number of methoxy groups -OCH3 is 1. The van der Waals surface area contributed by atoms with E-state index in [2.05, 4.69) is 31.4 Å². The summed E-state index contributed by atoms with van der Waals surface area (Å²) in [5.74, 6) is 0. The summed E-state index contributed by atoms with van der Waals surface area (Å²) < 4.78 is 5.03. The molecule has 0 saturated carbocycles. The average Bonchev–Trinajstić information content (AvgIpc) is 2.16. The first-order valence-corrected chi connectivity index (χ1v) is 5.48. The highest BCUT2D eigenvalue weighted by molar-refractivity contribution is 7.98. The zero-order valence-corrected chi connectivity index (χ0v) is 8.99. The number of ether oxygens (including phenoxy) is 1. The van der Waals surface area contributed by atoms with Crippen LogP contribution in [0.3, 0.4) is 0 Å². The van der Waals surface area contributed by atoms with Gasteiger partial charge in [-0.2, -0.15) is 0 Å². The van der Waals surface area contributed by atoms with E-state index < -0.39 is 0 Å². The van der Waals surface area contributed by atoms with Crippen molar-refractivity contribution >= 4 is 11.8 Å². The Kier molecular flexibility index (Phi) is 4.33. The highest BCUT2D eigenvalue weighted by Crippen LogP contribution is 2.21. The van der Waals surface area contributed by atoms with E-state index in [0.717, 1.165) is 18.6 Å². The molecule has 0 aliphatic rings.